The number of hydrogen-bond donors (Lipinski definition) is 1. The molecular weight excluding hydrogens is 162 g/mol. The zero-order chi connectivity index (χ0) is 8.69. The van der Waals surface area contributed by atoms with E-state index >= 15 is 0 Å². The summed E-state index contributed by atoms with van der Waals surface area (Å²) in [6, 6.07) is 0. The molecule has 1 unspecified atom stereocenters. The van der Waals surface area contributed by atoms with Gasteiger partial charge in [-0.05, 0) is 18.2 Å². The molecule has 3 nitrogen and oxygen atoms in total. The van der Waals surface area contributed by atoms with Crippen LogP contribution in [0.25, 0.3) is 0 Å². The number of hydrogen-bond acceptors (Lipinski definition) is 4. The molecular formula is C7H15NO2S. The molecule has 0 aliphatic carbocycles. The second kappa shape index (κ2) is 6.49. The van der Waals surface area contributed by atoms with Crippen LogP contribution >= 0.6 is 11.8 Å². The van der Waals surface area contributed by atoms with Gasteiger partial charge in [0, 0.05) is 0 Å². The molecule has 4 heteroatoms. The zero-order valence-electron chi connectivity index (χ0n) is 7.00. The average molecular weight is 177 g/mol. The number of rotatable bonds is 5. The molecule has 0 saturated heterocycles. The molecule has 66 valence electrons. The highest BCUT2D eigenvalue weighted by molar-refractivity contribution is 7.99. The molecule has 0 spiro atoms. The summed E-state index contributed by atoms with van der Waals surface area (Å²) in [4.78, 5) is 10.6. The van der Waals surface area contributed by atoms with Crippen LogP contribution in [0.4, 0.5) is 0 Å². The number of carbonyl (C=O) groups is 1. The highest BCUT2D eigenvalue weighted by Gasteiger charge is 2.02. The third-order valence-corrected chi connectivity index (χ3v) is 2.50. The molecule has 0 radical (unpaired) electrons. The molecule has 0 fully saturated rings. The molecule has 0 aromatic carbocycles. The Balaban J connectivity index is 3.20. The fraction of sp³-hybridized carbons (Fsp3) is 0.857. The van der Waals surface area contributed by atoms with E-state index in [4.69, 9.17) is 5.73 Å². The van der Waals surface area contributed by atoms with Gasteiger partial charge in [-0.15, -0.1) is 11.8 Å². The molecule has 0 aliphatic rings. The van der Waals surface area contributed by atoms with E-state index in [1.54, 1.807) is 11.8 Å². The van der Waals surface area contributed by atoms with Gasteiger partial charge in [0.25, 0.3) is 0 Å². The topological polar surface area (TPSA) is 52.3 Å². The first-order valence-electron chi connectivity index (χ1n) is 3.55. The molecule has 0 bridgehead atoms. The maximum absolute atomic E-state index is 10.6. The van der Waals surface area contributed by atoms with Crippen molar-refractivity contribution in [3.63, 3.8) is 0 Å². The summed E-state index contributed by atoms with van der Waals surface area (Å²) in [5, 5.41) is 0. The van der Waals surface area contributed by atoms with Gasteiger partial charge in [-0.1, -0.05) is 6.92 Å². The number of methoxy groups -OCH3 is 1. The summed E-state index contributed by atoms with van der Waals surface area (Å²) in [7, 11) is 1.40. The van der Waals surface area contributed by atoms with Crippen molar-refractivity contribution in [2.45, 2.75) is 6.92 Å². The molecule has 11 heavy (non-hydrogen) atoms. The molecule has 0 rings (SSSR count). The van der Waals surface area contributed by atoms with E-state index in [1.807, 2.05) is 0 Å². The number of thioether (sulfide) groups is 1. The molecule has 0 aromatic heterocycles. The van der Waals surface area contributed by atoms with Crippen LogP contribution in [0.3, 0.4) is 0 Å². The second-order valence-corrected chi connectivity index (χ2v) is 3.46. The van der Waals surface area contributed by atoms with Crippen molar-refractivity contribution < 1.29 is 9.53 Å². The fourth-order valence-corrected chi connectivity index (χ4v) is 1.41. The Morgan fingerprint density at radius 3 is 2.82 bits per heavy atom. The van der Waals surface area contributed by atoms with Gasteiger partial charge >= 0.3 is 5.97 Å². The molecule has 1 atom stereocenters. The summed E-state index contributed by atoms with van der Waals surface area (Å²) in [6.07, 6.45) is 0. The van der Waals surface area contributed by atoms with E-state index in [1.165, 1.54) is 7.11 Å². The third kappa shape index (κ3) is 6.19. The number of esters is 1. The highest BCUT2D eigenvalue weighted by atomic mass is 32.2. The Morgan fingerprint density at radius 2 is 2.36 bits per heavy atom. The highest BCUT2D eigenvalue weighted by Crippen LogP contribution is 2.06. The lowest BCUT2D eigenvalue weighted by atomic mass is 10.2. The van der Waals surface area contributed by atoms with Crippen LogP contribution in [-0.4, -0.2) is 31.1 Å². The summed E-state index contributed by atoms with van der Waals surface area (Å²) >= 11 is 1.56. The minimum Gasteiger partial charge on any atom is -0.468 e. The standard InChI is InChI=1S/C7H15NO2S/c1-6(3-8)4-11-5-7(9)10-2/h6H,3-5,8H2,1-2H3. The van der Waals surface area contributed by atoms with Crippen molar-refractivity contribution in [3.8, 4) is 0 Å². The van der Waals surface area contributed by atoms with E-state index in [0.717, 1.165) is 5.75 Å². The largest absolute Gasteiger partial charge is 0.468 e. The predicted octanol–water partition coefficient (Wildman–Crippen LogP) is 0.487. The second-order valence-electron chi connectivity index (χ2n) is 2.43. The van der Waals surface area contributed by atoms with Gasteiger partial charge < -0.3 is 10.5 Å². The van der Waals surface area contributed by atoms with E-state index in [-0.39, 0.29) is 5.97 Å². The minimum absolute atomic E-state index is 0.167. The molecule has 0 heterocycles. The van der Waals surface area contributed by atoms with Crippen molar-refractivity contribution in [3.05, 3.63) is 0 Å². The van der Waals surface area contributed by atoms with Gasteiger partial charge in [-0.25, -0.2) is 0 Å². The van der Waals surface area contributed by atoms with Gasteiger partial charge in [0.1, 0.15) is 0 Å². The maximum Gasteiger partial charge on any atom is 0.315 e. The van der Waals surface area contributed by atoms with Crippen LogP contribution in [0.15, 0.2) is 0 Å². The summed E-state index contributed by atoms with van der Waals surface area (Å²) < 4.78 is 4.47. The Bertz CT molecular complexity index is 119. The van der Waals surface area contributed by atoms with Gasteiger partial charge in [0.2, 0.25) is 0 Å². The van der Waals surface area contributed by atoms with Gasteiger partial charge in [0.15, 0.2) is 0 Å². The lowest BCUT2D eigenvalue weighted by Gasteiger charge is -2.05. The van der Waals surface area contributed by atoms with Crippen molar-refractivity contribution in [2.24, 2.45) is 11.7 Å². The normalized spacial score (nSPS) is 12.6. The minimum atomic E-state index is -0.167. The lowest BCUT2D eigenvalue weighted by Crippen LogP contribution is -2.14. The van der Waals surface area contributed by atoms with Crippen LogP contribution in [0.2, 0.25) is 0 Å². The van der Waals surface area contributed by atoms with E-state index < -0.39 is 0 Å². The average Bonchev–Trinajstić information content (AvgIpc) is 2.04. The van der Waals surface area contributed by atoms with E-state index in [0.29, 0.717) is 18.2 Å². The van der Waals surface area contributed by atoms with Gasteiger partial charge in [0.05, 0.1) is 12.9 Å². The first-order chi connectivity index (χ1) is 5.20. The summed E-state index contributed by atoms with van der Waals surface area (Å²) in [5.74, 6) is 1.66. The first kappa shape index (κ1) is 10.8. The van der Waals surface area contributed by atoms with Crippen LogP contribution < -0.4 is 5.73 Å². The third-order valence-electron chi connectivity index (χ3n) is 1.25. The lowest BCUT2D eigenvalue weighted by molar-refractivity contribution is -0.137. The monoisotopic (exact) mass is 177 g/mol. The Morgan fingerprint density at radius 1 is 1.73 bits per heavy atom. The Labute approximate surface area is 71.7 Å². The van der Waals surface area contributed by atoms with Crippen molar-refractivity contribution in [1.29, 1.82) is 0 Å². The molecule has 0 aromatic rings. The first-order valence-corrected chi connectivity index (χ1v) is 4.70. The quantitative estimate of drug-likeness (QED) is 0.621. The summed E-state index contributed by atoms with van der Waals surface area (Å²) in [5.41, 5.74) is 5.39. The van der Waals surface area contributed by atoms with Crippen LogP contribution in [0.1, 0.15) is 6.92 Å². The van der Waals surface area contributed by atoms with Crippen LogP contribution in [0.5, 0.6) is 0 Å². The molecule has 0 aliphatic heterocycles. The van der Waals surface area contributed by atoms with Crippen molar-refractivity contribution >= 4 is 17.7 Å². The fourth-order valence-electron chi connectivity index (χ4n) is 0.470. The van der Waals surface area contributed by atoms with E-state index in [9.17, 15) is 4.79 Å². The number of ether oxygens (including phenoxy) is 1. The zero-order valence-corrected chi connectivity index (χ0v) is 7.82. The van der Waals surface area contributed by atoms with E-state index in [2.05, 4.69) is 11.7 Å². The summed E-state index contributed by atoms with van der Waals surface area (Å²) in [6.45, 7) is 2.73. The van der Waals surface area contributed by atoms with Gasteiger partial charge in [-0.3, -0.25) is 4.79 Å². The Kier molecular flexibility index (Phi) is 6.36. The molecule has 0 amide bonds. The Hall–Kier alpha value is -0.220. The van der Waals surface area contributed by atoms with Crippen molar-refractivity contribution in [2.75, 3.05) is 25.2 Å². The maximum atomic E-state index is 10.6. The van der Waals surface area contributed by atoms with Crippen LogP contribution in [-0.2, 0) is 9.53 Å². The smallest absolute Gasteiger partial charge is 0.315 e. The number of carbonyl (C=O) groups excluding carboxylic acids is 1. The van der Waals surface area contributed by atoms with Crippen molar-refractivity contribution in [1.82, 2.24) is 0 Å². The molecule has 0 saturated carbocycles. The predicted molar refractivity (Wildman–Crippen MR) is 47.6 cm³/mol. The SMILES string of the molecule is COC(=O)CSCC(C)CN. The molecule has 2 N–H and O–H groups in total. The van der Waals surface area contributed by atoms with Crippen LogP contribution in [0, 0.1) is 5.92 Å². The number of nitrogens with two attached hydrogens (primary N) is 1. The van der Waals surface area contributed by atoms with Gasteiger partial charge in [-0.2, -0.15) is 0 Å².